The van der Waals surface area contributed by atoms with Crippen LogP contribution >= 0.6 is 0 Å². The third-order valence-corrected chi connectivity index (χ3v) is 5.98. The summed E-state index contributed by atoms with van der Waals surface area (Å²) in [6, 6.07) is 17.5. The van der Waals surface area contributed by atoms with Crippen LogP contribution in [0.3, 0.4) is 0 Å². The zero-order valence-corrected chi connectivity index (χ0v) is 16.3. The maximum absolute atomic E-state index is 6.00. The SMILES string of the molecule is C[Si](C)(C)CCOCn1nc(Cc2ccccc2)c2cc(N)ccc21. The van der Waals surface area contributed by atoms with Gasteiger partial charge in [0, 0.05) is 32.2 Å². The average molecular weight is 354 g/mol. The first kappa shape index (κ1) is 17.7. The molecule has 3 rings (SSSR count). The van der Waals surface area contributed by atoms with Crippen molar-refractivity contribution in [2.45, 2.75) is 38.8 Å². The number of hydrogen-bond donors (Lipinski definition) is 1. The first-order valence-corrected chi connectivity index (χ1v) is 12.5. The molecule has 0 aliphatic rings. The van der Waals surface area contributed by atoms with Crippen molar-refractivity contribution in [3.63, 3.8) is 0 Å². The van der Waals surface area contributed by atoms with Crippen LogP contribution in [0.5, 0.6) is 0 Å². The van der Waals surface area contributed by atoms with E-state index in [1.807, 2.05) is 28.9 Å². The minimum Gasteiger partial charge on any atom is -0.399 e. The van der Waals surface area contributed by atoms with E-state index in [2.05, 4.69) is 43.9 Å². The second-order valence-electron chi connectivity index (χ2n) is 7.73. The number of anilines is 1. The summed E-state index contributed by atoms with van der Waals surface area (Å²) in [6.45, 7) is 8.36. The Balaban J connectivity index is 1.81. The van der Waals surface area contributed by atoms with Gasteiger partial charge in [-0.1, -0.05) is 50.0 Å². The van der Waals surface area contributed by atoms with Gasteiger partial charge in [0.15, 0.2) is 0 Å². The van der Waals surface area contributed by atoms with Crippen molar-refractivity contribution < 1.29 is 4.74 Å². The highest BCUT2D eigenvalue weighted by Gasteiger charge is 2.14. The molecule has 0 spiro atoms. The number of rotatable bonds is 7. The molecule has 25 heavy (non-hydrogen) atoms. The van der Waals surface area contributed by atoms with Gasteiger partial charge in [-0.05, 0) is 29.8 Å². The van der Waals surface area contributed by atoms with Gasteiger partial charge in [-0.25, -0.2) is 4.68 Å². The number of fused-ring (bicyclic) bond motifs is 1. The van der Waals surface area contributed by atoms with Gasteiger partial charge in [0.05, 0.1) is 11.2 Å². The quantitative estimate of drug-likeness (QED) is 0.386. The smallest absolute Gasteiger partial charge is 0.140 e. The second kappa shape index (κ2) is 7.41. The molecule has 0 saturated heterocycles. The first-order chi connectivity index (χ1) is 11.9. The summed E-state index contributed by atoms with van der Waals surface area (Å²) >= 11 is 0. The van der Waals surface area contributed by atoms with Crippen molar-refractivity contribution in [3.05, 3.63) is 59.8 Å². The standard InChI is InChI=1S/C20H27N3OSi/c1-25(2,3)12-11-24-15-23-20-10-9-17(21)14-18(20)19(22-23)13-16-7-5-4-6-8-16/h4-10,14H,11-13,15,21H2,1-3H3. The lowest BCUT2D eigenvalue weighted by Crippen LogP contribution is -2.22. The number of aromatic nitrogens is 2. The molecular formula is C20H27N3OSi. The zero-order chi connectivity index (χ0) is 17.9. The predicted octanol–water partition coefficient (Wildman–Crippen LogP) is 4.52. The molecule has 0 aliphatic carbocycles. The summed E-state index contributed by atoms with van der Waals surface area (Å²) in [6.07, 6.45) is 0.794. The van der Waals surface area contributed by atoms with Crippen LogP contribution in [0.25, 0.3) is 10.9 Å². The third kappa shape index (κ3) is 4.71. The van der Waals surface area contributed by atoms with Crippen LogP contribution in [0.4, 0.5) is 5.69 Å². The number of nitrogens with zero attached hydrogens (tertiary/aromatic N) is 2. The maximum Gasteiger partial charge on any atom is 0.140 e. The fourth-order valence-corrected chi connectivity index (χ4v) is 3.57. The van der Waals surface area contributed by atoms with Gasteiger partial charge < -0.3 is 10.5 Å². The molecule has 3 aromatic rings. The highest BCUT2D eigenvalue weighted by atomic mass is 28.3. The van der Waals surface area contributed by atoms with Gasteiger partial charge in [0.1, 0.15) is 6.73 Å². The minimum atomic E-state index is -1.07. The van der Waals surface area contributed by atoms with Gasteiger partial charge in [0.2, 0.25) is 0 Å². The molecule has 0 aliphatic heterocycles. The molecule has 1 aromatic heterocycles. The summed E-state index contributed by atoms with van der Waals surface area (Å²) in [4.78, 5) is 0. The van der Waals surface area contributed by atoms with Crippen molar-refractivity contribution >= 4 is 24.7 Å². The summed E-state index contributed by atoms with van der Waals surface area (Å²) in [5.41, 5.74) is 10.1. The van der Waals surface area contributed by atoms with E-state index >= 15 is 0 Å². The number of ether oxygens (including phenoxy) is 1. The normalized spacial score (nSPS) is 12.0. The summed E-state index contributed by atoms with van der Waals surface area (Å²) in [5.74, 6) is 0. The molecule has 2 aromatic carbocycles. The highest BCUT2D eigenvalue weighted by Crippen LogP contribution is 2.24. The van der Waals surface area contributed by atoms with Gasteiger partial charge >= 0.3 is 0 Å². The van der Waals surface area contributed by atoms with Crippen LogP contribution in [-0.4, -0.2) is 24.5 Å². The fraction of sp³-hybridized carbons (Fsp3) is 0.350. The highest BCUT2D eigenvalue weighted by molar-refractivity contribution is 6.76. The Hall–Kier alpha value is -2.11. The number of hydrogen-bond acceptors (Lipinski definition) is 3. The Morgan fingerprint density at radius 1 is 1.08 bits per heavy atom. The number of benzene rings is 2. The second-order valence-corrected chi connectivity index (χ2v) is 13.4. The van der Waals surface area contributed by atoms with Crippen LogP contribution < -0.4 is 5.73 Å². The number of nitrogens with two attached hydrogens (primary N) is 1. The maximum atomic E-state index is 6.00. The molecule has 0 amide bonds. The van der Waals surface area contributed by atoms with E-state index in [1.165, 1.54) is 5.56 Å². The van der Waals surface area contributed by atoms with Crippen molar-refractivity contribution in [2.24, 2.45) is 0 Å². The lowest BCUT2D eigenvalue weighted by Gasteiger charge is -2.15. The Morgan fingerprint density at radius 2 is 1.84 bits per heavy atom. The molecule has 4 nitrogen and oxygen atoms in total. The van der Waals surface area contributed by atoms with E-state index in [0.29, 0.717) is 6.73 Å². The molecule has 1 heterocycles. The van der Waals surface area contributed by atoms with E-state index in [-0.39, 0.29) is 0 Å². The molecule has 0 fully saturated rings. The molecular weight excluding hydrogens is 326 g/mol. The van der Waals surface area contributed by atoms with Crippen molar-refractivity contribution in [2.75, 3.05) is 12.3 Å². The fourth-order valence-electron chi connectivity index (χ4n) is 2.81. The van der Waals surface area contributed by atoms with Gasteiger partial charge in [-0.3, -0.25) is 0 Å². The minimum absolute atomic E-state index is 0.486. The van der Waals surface area contributed by atoms with Gasteiger partial charge in [0.25, 0.3) is 0 Å². The van der Waals surface area contributed by atoms with E-state index in [1.54, 1.807) is 0 Å². The average Bonchev–Trinajstić information content (AvgIpc) is 2.89. The molecule has 132 valence electrons. The largest absolute Gasteiger partial charge is 0.399 e. The summed E-state index contributed by atoms with van der Waals surface area (Å²) in [5, 5.41) is 5.92. The Morgan fingerprint density at radius 3 is 2.56 bits per heavy atom. The topological polar surface area (TPSA) is 53.1 Å². The van der Waals surface area contributed by atoms with E-state index in [0.717, 1.165) is 41.4 Å². The Kier molecular flexibility index (Phi) is 5.25. The Bertz CT molecular complexity index is 837. The molecule has 0 atom stereocenters. The zero-order valence-electron chi connectivity index (χ0n) is 15.3. The van der Waals surface area contributed by atoms with Crippen LogP contribution in [0, 0.1) is 0 Å². The van der Waals surface area contributed by atoms with E-state index in [9.17, 15) is 0 Å². The van der Waals surface area contributed by atoms with Gasteiger partial charge in [-0.2, -0.15) is 5.10 Å². The predicted molar refractivity (Wildman–Crippen MR) is 107 cm³/mol. The lowest BCUT2D eigenvalue weighted by molar-refractivity contribution is 0.0814. The van der Waals surface area contributed by atoms with Crippen molar-refractivity contribution in [1.29, 1.82) is 0 Å². The molecule has 5 heteroatoms. The monoisotopic (exact) mass is 353 g/mol. The summed E-state index contributed by atoms with van der Waals surface area (Å²) < 4.78 is 7.86. The first-order valence-electron chi connectivity index (χ1n) is 8.79. The van der Waals surface area contributed by atoms with Crippen LogP contribution in [-0.2, 0) is 17.9 Å². The molecule has 0 radical (unpaired) electrons. The van der Waals surface area contributed by atoms with E-state index < -0.39 is 8.07 Å². The molecule has 0 saturated carbocycles. The van der Waals surface area contributed by atoms with Crippen LogP contribution in [0.15, 0.2) is 48.5 Å². The van der Waals surface area contributed by atoms with Crippen molar-refractivity contribution in [1.82, 2.24) is 9.78 Å². The van der Waals surface area contributed by atoms with Gasteiger partial charge in [-0.15, -0.1) is 0 Å². The molecule has 0 bridgehead atoms. The lowest BCUT2D eigenvalue weighted by atomic mass is 10.1. The van der Waals surface area contributed by atoms with E-state index in [4.69, 9.17) is 15.6 Å². The third-order valence-electron chi connectivity index (χ3n) is 4.28. The molecule has 2 N–H and O–H groups in total. The van der Waals surface area contributed by atoms with Crippen molar-refractivity contribution in [3.8, 4) is 0 Å². The Labute approximate surface area is 150 Å². The van der Waals surface area contributed by atoms with Crippen LogP contribution in [0.2, 0.25) is 25.7 Å². The van der Waals surface area contributed by atoms with Crippen LogP contribution in [0.1, 0.15) is 11.3 Å². The summed E-state index contributed by atoms with van der Waals surface area (Å²) in [7, 11) is -1.07. The molecule has 0 unspecified atom stereocenters. The number of nitrogen functional groups attached to an aromatic ring is 1.